The number of likely N-dealkylation sites (tertiary alicyclic amines) is 2. The number of methoxy groups -OCH3 is 2. The van der Waals surface area contributed by atoms with Crippen molar-refractivity contribution < 1.29 is 47.7 Å². The fourth-order valence-corrected chi connectivity index (χ4v) is 11.5. The molecule has 368 valence electrons. The van der Waals surface area contributed by atoms with Crippen LogP contribution in [-0.4, -0.2) is 96.5 Å². The molecule has 9 rings (SSSR count). The highest BCUT2D eigenvalue weighted by Crippen LogP contribution is 2.68. The number of alkyl carbamates (subject to hydrolysis) is 2. The summed E-state index contributed by atoms with van der Waals surface area (Å²) in [4.78, 5) is 90.7. The number of hydrogen-bond donors (Lipinski definition) is 4. The number of rotatable bonds is 15. The molecule has 4 aliphatic heterocycles. The first kappa shape index (κ1) is 48.2. The van der Waals surface area contributed by atoms with Gasteiger partial charge in [0.25, 0.3) is 0 Å². The molecular formula is C55H58N6O10. The van der Waals surface area contributed by atoms with Gasteiger partial charge in [-0.15, -0.1) is 0 Å². The van der Waals surface area contributed by atoms with E-state index < -0.39 is 83.3 Å². The molecule has 2 saturated heterocycles. The van der Waals surface area contributed by atoms with Crippen LogP contribution in [-0.2, 0) is 68.6 Å². The van der Waals surface area contributed by atoms with Crippen molar-refractivity contribution in [3.63, 3.8) is 0 Å². The number of hydrogen-bond acceptors (Lipinski definition) is 12. The Bertz CT molecular complexity index is 2780. The molecule has 4 N–H and O–H groups in total. The van der Waals surface area contributed by atoms with Gasteiger partial charge >= 0.3 is 24.1 Å². The molecule has 2 fully saturated rings. The largest absolute Gasteiger partial charge is 0.467 e. The summed E-state index contributed by atoms with van der Waals surface area (Å²) in [6.07, 6.45) is -3.49. The van der Waals surface area contributed by atoms with Crippen molar-refractivity contribution in [1.29, 1.82) is 0 Å². The lowest BCUT2D eigenvalue weighted by Crippen LogP contribution is -2.64. The second-order valence-corrected chi connectivity index (χ2v) is 18.9. The number of nitrogens with zero attached hydrogens (tertiary/aromatic N) is 2. The van der Waals surface area contributed by atoms with Gasteiger partial charge in [-0.2, -0.15) is 0 Å². The second kappa shape index (κ2) is 20.2. The predicted molar refractivity (Wildman–Crippen MR) is 262 cm³/mol. The van der Waals surface area contributed by atoms with E-state index in [0.717, 1.165) is 27.8 Å². The molecule has 0 bridgehead atoms. The van der Waals surface area contributed by atoms with Crippen LogP contribution < -0.4 is 21.3 Å². The van der Waals surface area contributed by atoms with E-state index in [0.29, 0.717) is 11.4 Å². The van der Waals surface area contributed by atoms with E-state index in [1.54, 1.807) is 0 Å². The fourth-order valence-electron chi connectivity index (χ4n) is 11.5. The Hall–Kier alpha value is -7.88. The van der Waals surface area contributed by atoms with Crippen LogP contribution in [0, 0.1) is 5.92 Å². The van der Waals surface area contributed by atoms with Gasteiger partial charge in [0, 0.05) is 17.8 Å². The van der Waals surface area contributed by atoms with Gasteiger partial charge < -0.3 is 50.0 Å². The molecule has 5 aromatic rings. The number of nitrogens with one attached hydrogen (secondary N) is 4. The molecule has 4 aliphatic rings. The Morgan fingerprint density at radius 3 is 1.35 bits per heavy atom. The highest BCUT2D eigenvalue weighted by molar-refractivity contribution is 5.95. The van der Waals surface area contributed by atoms with Gasteiger partial charge in [0.1, 0.15) is 49.7 Å². The summed E-state index contributed by atoms with van der Waals surface area (Å²) >= 11 is 0. The van der Waals surface area contributed by atoms with Crippen LogP contribution in [0.4, 0.5) is 21.0 Å². The summed E-state index contributed by atoms with van der Waals surface area (Å²) < 4.78 is 22.3. The number of carbonyl (C=O) groups is 6. The van der Waals surface area contributed by atoms with Crippen LogP contribution >= 0.6 is 0 Å². The van der Waals surface area contributed by atoms with Crippen molar-refractivity contribution in [2.45, 2.75) is 100 Å². The third kappa shape index (κ3) is 8.87. The van der Waals surface area contributed by atoms with Crippen LogP contribution in [0.3, 0.4) is 0 Å². The van der Waals surface area contributed by atoms with E-state index in [9.17, 15) is 19.2 Å². The summed E-state index contributed by atoms with van der Waals surface area (Å²) in [5.74, 6) is -2.62. The zero-order chi connectivity index (χ0) is 49.9. The van der Waals surface area contributed by atoms with Crippen molar-refractivity contribution in [1.82, 2.24) is 20.4 Å². The van der Waals surface area contributed by atoms with Crippen LogP contribution in [0.25, 0.3) is 0 Å². The lowest BCUT2D eigenvalue weighted by molar-refractivity contribution is -0.152. The number of ether oxygens (including phenoxy) is 4. The van der Waals surface area contributed by atoms with Crippen molar-refractivity contribution in [2.24, 2.45) is 5.92 Å². The Kier molecular flexibility index (Phi) is 13.7. The van der Waals surface area contributed by atoms with Crippen LogP contribution in [0.1, 0.15) is 60.9 Å². The normalized spacial score (nSPS) is 23.1. The van der Waals surface area contributed by atoms with E-state index in [1.807, 2.05) is 153 Å². The van der Waals surface area contributed by atoms with E-state index in [2.05, 4.69) is 21.3 Å². The third-order valence-corrected chi connectivity index (χ3v) is 14.4. The molecule has 4 heterocycles. The topological polar surface area (TPSA) is 194 Å². The molecule has 16 heteroatoms. The molecule has 5 aromatic carbocycles. The average molecular weight is 963 g/mol. The number of anilines is 2. The molecule has 4 amide bonds. The molecule has 0 radical (unpaired) electrons. The van der Waals surface area contributed by atoms with Crippen molar-refractivity contribution in [2.75, 3.05) is 24.9 Å². The Morgan fingerprint density at radius 2 is 0.930 bits per heavy atom. The minimum atomic E-state index is -1.30. The van der Waals surface area contributed by atoms with Crippen LogP contribution in [0.2, 0.25) is 0 Å². The Morgan fingerprint density at radius 1 is 0.549 bits per heavy atom. The van der Waals surface area contributed by atoms with Crippen molar-refractivity contribution in [3.05, 3.63) is 167 Å². The maximum absolute atomic E-state index is 15.8. The average Bonchev–Trinajstić information content (AvgIpc) is 4.11. The van der Waals surface area contributed by atoms with Gasteiger partial charge in [0.05, 0.1) is 25.0 Å². The molecule has 8 atom stereocenters. The molecule has 0 aliphatic carbocycles. The Labute approximate surface area is 412 Å². The molecule has 0 unspecified atom stereocenters. The zero-order valence-corrected chi connectivity index (χ0v) is 40.0. The second-order valence-electron chi connectivity index (χ2n) is 18.9. The SMILES string of the molecule is COC(=O)[C@@H]1C[C@]2([C@]34C[C@@H](C(=O)OC)N(C(=O)[C@H](CC(C)C)NC(=O)OCc5ccccc5)[C@H]3Nc3ccccc34)c3ccccc3N[C@@H]2N1C(=O)[C@H](Cc1ccccc1)NC(=O)OCc1ccccc1. The van der Waals surface area contributed by atoms with Gasteiger partial charge in [-0.05, 0) is 65.1 Å². The van der Waals surface area contributed by atoms with E-state index >= 15 is 9.59 Å². The Balaban J connectivity index is 1.16. The van der Waals surface area contributed by atoms with Gasteiger partial charge in [0.2, 0.25) is 11.8 Å². The smallest absolute Gasteiger partial charge is 0.408 e. The summed E-state index contributed by atoms with van der Waals surface area (Å²) in [5, 5.41) is 13.0. The summed E-state index contributed by atoms with van der Waals surface area (Å²) in [5.41, 5.74) is 2.49. The first-order valence-corrected chi connectivity index (χ1v) is 23.9. The summed E-state index contributed by atoms with van der Waals surface area (Å²) in [7, 11) is 2.52. The molecule has 0 aromatic heterocycles. The van der Waals surface area contributed by atoms with E-state index in [1.165, 1.54) is 24.0 Å². The fraction of sp³-hybridized carbons (Fsp3) is 0.345. The lowest BCUT2D eigenvalue weighted by Gasteiger charge is -2.48. The number of fused-ring (bicyclic) bond motifs is 7. The molecule has 16 nitrogen and oxygen atoms in total. The van der Waals surface area contributed by atoms with Gasteiger partial charge in [0.15, 0.2) is 0 Å². The summed E-state index contributed by atoms with van der Waals surface area (Å²) in [6, 6.07) is 37.9. The zero-order valence-electron chi connectivity index (χ0n) is 40.0. The lowest BCUT2D eigenvalue weighted by atomic mass is 9.54. The number of carbonyl (C=O) groups excluding carboxylic acids is 6. The number of esters is 2. The van der Waals surface area contributed by atoms with Gasteiger partial charge in [-0.3, -0.25) is 9.59 Å². The monoisotopic (exact) mass is 962 g/mol. The van der Waals surface area contributed by atoms with E-state index in [4.69, 9.17) is 18.9 Å². The number of benzene rings is 5. The molecule has 71 heavy (non-hydrogen) atoms. The molecular weight excluding hydrogens is 905 g/mol. The number of para-hydroxylation sites is 2. The molecule has 0 spiro atoms. The maximum Gasteiger partial charge on any atom is 0.408 e. The van der Waals surface area contributed by atoms with Crippen molar-refractivity contribution >= 4 is 47.3 Å². The molecule has 0 saturated carbocycles. The quantitative estimate of drug-likeness (QED) is 0.0635. The van der Waals surface area contributed by atoms with Crippen LogP contribution in [0.5, 0.6) is 0 Å². The predicted octanol–water partition coefficient (Wildman–Crippen LogP) is 6.79. The van der Waals surface area contributed by atoms with Gasteiger partial charge in [-0.25, -0.2) is 19.2 Å². The number of amides is 4. The van der Waals surface area contributed by atoms with Crippen molar-refractivity contribution in [3.8, 4) is 0 Å². The summed E-state index contributed by atoms with van der Waals surface area (Å²) in [6.45, 7) is 3.77. The highest BCUT2D eigenvalue weighted by Gasteiger charge is 2.77. The first-order chi connectivity index (χ1) is 34.4. The third-order valence-electron chi connectivity index (χ3n) is 14.4. The standard InChI is InChI=1S/C55H58N6O10/c1-34(2)28-42(58-52(66)70-32-36-20-10-6-11-21-36)46(62)60-44(48(64)68-3)30-54(38-24-14-16-26-40(38)56-50(54)60)55-31-45(49(65)69-4)61(51(55)57-41-27-17-15-25-39(41)55)47(63)43(29-35-18-8-5-9-19-35)59-53(67)71-33-37-22-12-7-13-23-37/h5-27,34,42-45,50-51,56-57H,28-33H2,1-4H3,(H,58,66)(H,59,67)/t42-,43-,44-,45-,50+,51+,54-,55-/m0/s1. The minimum absolute atomic E-state index is 0.0209. The van der Waals surface area contributed by atoms with Gasteiger partial charge in [-0.1, -0.05) is 141 Å². The maximum atomic E-state index is 15.8. The van der Waals surface area contributed by atoms with E-state index in [-0.39, 0.29) is 44.8 Å². The van der Waals surface area contributed by atoms with Crippen LogP contribution in [0.15, 0.2) is 140 Å². The minimum Gasteiger partial charge on any atom is -0.467 e. The first-order valence-electron chi connectivity index (χ1n) is 23.9. The highest BCUT2D eigenvalue weighted by atomic mass is 16.6.